The minimum Gasteiger partial charge on any atom is -0.380 e. The topological polar surface area (TPSA) is 54.0 Å². The predicted octanol–water partition coefficient (Wildman–Crippen LogP) is 0.183. The van der Waals surface area contributed by atoms with Crippen LogP contribution in [0, 0.1) is 0 Å². The van der Waals surface area contributed by atoms with Crippen molar-refractivity contribution in [2.24, 2.45) is 0 Å². The highest BCUT2D eigenvalue weighted by atomic mass is 16.5. The molecule has 0 saturated carbocycles. The second-order valence-corrected chi connectivity index (χ2v) is 5.15. The molecule has 1 heterocycles. The van der Waals surface area contributed by atoms with E-state index in [1.807, 2.05) is 18.7 Å². The number of carbonyl (C=O) groups excluding carboxylic acids is 1. The zero-order valence-electron chi connectivity index (χ0n) is 13.6. The zero-order valence-corrected chi connectivity index (χ0v) is 13.6. The number of nitrogens with zero attached hydrogens (tertiary/aromatic N) is 2. The number of amides is 1. The Balaban J connectivity index is 2.38. The number of hydrogen-bond donors (Lipinski definition) is 1. The molecule has 21 heavy (non-hydrogen) atoms. The van der Waals surface area contributed by atoms with Gasteiger partial charge in [-0.3, -0.25) is 9.69 Å². The molecule has 124 valence electrons. The highest BCUT2D eigenvalue weighted by Crippen LogP contribution is 1.99. The SMILES string of the molecule is CCOCCN(CCOCC)CC(=O)N1CCCNCC1. The summed E-state index contributed by atoms with van der Waals surface area (Å²) < 4.78 is 10.8. The van der Waals surface area contributed by atoms with Crippen molar-refractivity contribution in [2.45, 2.75) is 20.3 Å². The van der Waals surface area contributed by atoms with Crippen molar-refractivity contribution in [3.8, 4) is 0 Å². The van der Waals surface area contributed by atoms with Crippen LogP contribution >= 0.6 is 0 Å². The highest BCUT2D eigenvalue weighted by Gasteiger charge is 2.18. The Bertz CT molecular complexity index is 259. The number of ether oxygens (including phenoxy) is 2. The molecule has 0 unspecified atom stereocenters. The van der Waals surface area contributed by atoms with Gasteiger partial charge in [-0.2, -0.15) is 0 Å². The maximum Gasteiger partial charge on any atom is 0.236 e. The van der Waals surface area contributed by atoms with E-state index in [4.69, 9.17) is 9.47 Å². The van der Waals surface area contributed by atoms with E-state index >= 15 is 0 Å². The third-order valence-electron chi connectivity index (χ3n) is 3.56. The Labute approximate surface area is 128 Å². The Kier molecular flexibility index (Phi) is 10.4. The van der Waals surface area contributed by atoms with Crippen LogP contribution in [-0.2, 0) is 14.3 Å². The molecule has 6 nitrogen and oxygen atoms in total. The molecule has 1 rings (SSSR count). The number of nitrogens with one attached hydrogen (secondary N) is 1. The summed E-state index contributed by atoms with van der Waals surface area (Å²) >= 11 is 0. The van der Waals surface area contributed by atoms with Crippen LogP contribution in [0.25, 0.3) is 0 Å². The van der Waals surface area contributed by atoms with Gasteiger partial charge < -0.3 is 19.7 Å². The number of hydrogen-bond acceptors (Lipinski definition) is 5. The molecule has 1 aliphatic heterocycles. The lowest BCUT2D eigenvalue weighted by molar-refractivity contribution is -0.132. The van der Waals surface area contributed by atoms with E-state index in [2.05, 4.69) is 10.2 Å². The zero-order chi connectivity index (χ0) is 15.3. The minimum absolute atomic E-state index is 0.215. The molecule has 1 fully saturated rings. The quantitative estimate of drug-likeness (QED) is 0.584. The molecular formula is C15H31N3O3. The third kappa shape index (κ3) is 8.36. The Morgan fingerprint density at radius 2 is 1.76 bits per heavy atom. The summed E-state index contributed by atoms with van der Waals surface area (Å²) in [6, 6.07) is 0. The van der Waals surface area contributed by atoms with Crippen LogP contribution in [0.15, 0.2) is 0 Å². The highest BCUT2D eigenvalue weighted by molar-refractivity contribution is 5.78. The van der Waals surface area contributed by atoms with Gasteiger partial charge in [0.05, 0.1) is 19.8 Å². The molecular weight excluding hydrogens is 270 g/mol. The van der Waals surface area contributed by atoms with Gasteiger partial charge in [-0.15, -0.1) is 0 Å². The maximum absolute atomic E-state index is 12.4. The standard InChI is InChI=1S/C15H31N3O3/c1-3-20-12-10-17(11-13-21-4-2)14-15(19)18-8-5-6-16-7-9-18/h16H,3-14H2,1-2H3. The van der Waals surface area contributed by atoms with Crippen molar-refractivity contribution in [3.05, 3.63) is 0 Å². The van der Waals surface area contributed by atoms with Crippen LogP contribution < -0.4 is 5.32 Å². The summed E-state index contributed by atoms with van der Waals surface area (Å²) in [5, 5.41) is 3.32. The second kappa shape index (κ2) is 11.9. The molecule has 1 N–H and O–H groups in total. The van der Waals surface area contributed by atoms with Crippen molar-refractivity contribution in [3.63, 3.8) is 0 Å². The predicted molar refractivity (Wildman–Crippen MR) is 83.5 cm³/mol. The Hall–Kier alpha value is -0.690. The first-order valence-corrected chi connectivity index (χ1v) is 8.14. The lowest BCUT2D eigenvalue weighted by atomic mass is 10.3. The molecule has 0 bridgehead atoms. The van der Waals surface area contributed by atoms with Crippen LogP contribution in [0.5, 0.6) is 0 Å². The fourth-order valence-corrected chi connectivity index (χ4v) is 2.33. The van der Waals surface area contributed by atoms with Gasteiger partial charge in [-0.1, -0.05) is 0 Å². The van der Waals surface area contributed by atoms with Crippen LogP contribution in [0.4, 0.5) is 0 Å². The second-order valence-electron chi connectivity index (χ2n) is 5.15. The summed E-state index contributed by atoms with van der Waals surface area (Å²) in [6.07, 6.45) is 1.03. The molecule has 1 saturated heterocycles. The molecule has 0 aromatic heterocycles. The number of rotatable bonds is 10. The minimum atomic E-state index is 0.215. The molecule has 0 radical (unpaired) electrons. The first-order chi connectivity index (χ1) is 10.3. The van der Waals surface area contributed by atoms with E-state index in [0.29, 0.717) is 33.0 Å². The fraction of sp³-hybridized carbons (Fsp3) is 0.933. The molecule has 1 aliphatic rings. The van der Waals surface area contributed by atoms with Crippen LogP contribution in [0.2, 0.25) is 0 Å². The lowest BCUT2D eigenvalue weighted by Crippen LogP contribution is -2.43. The van der Waals surface area contributed by atoms with Gasteiger partial charge >= 0.3 is 0 Å². The normalized spacial score (nSPS) is 16.2. The van der Waals surface area contributed by atoms with Crippen molar-refractivity contribution in [1.29, 1.82) is 0 Å². The van der Waals surface area contributed by atoms with Gasteiger partial charge in [0.1, 0.15) is 0 Å². The van der Waals surface area contributed by atoms with Crippen LogP contribution in [0.3, 0.4) is 0 Å². The van der Waals surface area contributed by atoms with E-state index < -0.39 is 0 Å². The lowest BCUT2D eigenvalue weighted by Gasteiger charge is -2.26. The maximum atomic E-state index is 12.4. The fourth-order valence-electron chi connectivity index (χ4n) is 2.33. The largest absolute Gasteiger partial charge is 0.380 e. The molecule has 0 spiro atoms. The van der Waals surface area contributed by atoms with Gasteiger partial charge in [0.25, 0.3) is 0 Å². The average Bonchev–Trinajstić information content (AvgIpc) is 2.76. The number of carbonyl (C=O) groups is 1. The smallest absolute Gasteiger partial charge is 0.236 e. The molecule has 0 aromatic carbocycles. The van der Waals surface area contributed by atoms with Crippen LogP contribution in [0.1, 0.15) is 20.3 Å². The van der Waals surface area contributed by atoms with Crippen molar-refractivity contribution in [2.75, 3.05) is 72.2 Å². The Morgan fingerprint density at radius 3 is 2.38 bits per heavy atom. The van der Waals surface area contributed by atoms with Gasteiger partial charge in [0.2, 0.25) is 5.91 Å². The van der Waals surface area contributed by atoms with E-state index in [1.54, 1.807) is 0 Å². The Morgan fingerprint density at radius 1 is 1.10 bits per heavy atom. The summed E-state index contributed by atoms with van der Waals surface area (Å²) in [5.74, 6) is 0.215. The van der Waals surface area contributed by atoms with Gasteiger partial charge in [0.15, 0.2) is 0 Å². The average molecular weight is 301 g/mol. The molecule has 1 amide bonds. The van der Waals surface area contributed by atoms with E-state index in [1.165, 1.54) is 0 Å². The summed E-state index contributed by atoms with van der Waals surface area (Å²) in [4.78, 5) is 16.5. The molecule has 6 heteroatoms. The summed E-state index contributed by atoms with van der Waals surface area (Å²) in [7, 11) is 0. The van der Waals surface area contributed by atoms with Gasteiger partial charge in [0, 0.05) is 45.9 Å². The summed E-state index contributed by atoms with van der Waals surface area (Å²) in [6.45, 7) is 12.3. The van der Waals surface area contributed by atoms with Crippen molar-refractivity contribution < 1.29 is 14.3 Å². The van der Waals surface area contributed by atoms with Crippen molar-refractivity contribution >= 4 is 5.91 Å². The summed E-state index contributed by atoms with van der Waals surface area (Å²) in [5.41, 5.74) is 0. The van der Waals surface area contributed by atoms with Gasteiger partial charge in [-0.05, 0) is 26.8 Å². The monoisotopic (exact) mass is 301 g/mol. The van der Waals surface area contributed by atoms with Crippen molar-refractivity contribution in [1.82, 2.24) is 15.1 Å². The molecule has 0 aromatic rings. The van der Waals surface area contributed by atoms with E-state index in [9.17, 15) is 4.79 Å². The first-order valence-electron chi connectivity index (χ1n) is 8.14. The van der Waals surface area contributed by atoms with E-state index in [0.717, 1.165) is 45.7 Å². The van der Waals surface area contributed by atoms with Gasteiger partial charge in [-0.25, -0.2) is 0 Å². The van der Waals surface area contributed by atoms with Crippen LogP contribution in [-0.4, -0.2) is 87.9 Å². The molecule has 0 atom stereocenters. The van der Waals surface area contributed by atoms with E-state index in [-0.39, 0.29) is 5.91 Å². The third-order valence-corrected chi connectivity index (χ3v) is 3.56. The first kappa shape index (κ1) is 18.4. The molecule has 0 aliphatic carbocycles.